The lowest BCUT2D eigenvalue weighted by Crippen LogP contribution is -2.09. The maximum atomic E-state index is 2.37. The highest BCUT2D eigenvalue weighted by atomic mass is 15.1. The van der Waals surface area contributed by atoms with Gasteiger partial charge in [0.15, 0.2) is 0 Å². The van der Waals surface area contributed by atoms with Crippen molar-refractivity contribution in [2.45, 2.75) is 0 Å². The molecule has 0 aromatic heterocycles. The number of hydrogen-bond acceptors (Lipinski definition) is 1. The fraction of sp³-hybridized carbons (Fsp3) is 0. The van der Waals surface area contributed by atoms with E-state index < -0.39 is 0 Å². The predicted octanol–water partition coefficient (Wildman–Crippen LogP) is 16.4. The van der Waals surface area contributed by atoms with Crippen molar-refractivity contribution in [3.8, 4) is 44.5 Å². The number of rotatable bonds is 7. The van der Waals surface area contributed by atoms with E-state index in [4.69, 9.17) is 0 Å². The van der Waals surface area contributed by atoms with Crippen LogP contribution in [0.4, 0.5) is 17.1 Å². The summed E-state index contributed by atoms with van der Waals surface area (Å²) in [6.45, 7) is 0. The summed E-state index contributed by atoms with van der Waals surface area (Å²) < 4.78 is 0. The Balaban J connectivity index is 0.970. The minimum absolute atomic E-state index is 1.10. The fourth-order valence-electron chi connectivity index (χ4n) is 8.93. The molecule has 11 rings (SSSR count). The maximum absolute atomic E-state index is 2.37. The predicted molar refractivity (Wildman–Crippen MR) is 253 cm³/mol. The molecule has 0 atom stereocenters. The van der Waals surface area contributed by atoms with Crippen LogP contribution in [-0.4, -0.2) is 0 Å². The third-order valence-electron chi connectivity index (χ3n) is 11.8. The van der Waals surface area contributed by atoms with Gasteiger partial charge in [-0.25, -0.2) is 0 Å². The lowest BCUT2D eigenvalue weighted by molar-refractivity contribution is 1.28. The molecule has 0 unspecified atom stereocenters. The van der Waals surface area contributed by atoms with E-state index in [1.54, 1.807) is 0 Å². The molecule has 0 aliphatic carbocycles. The Morgan fingerprint density at radius 3 is 1.37 bits per heavy atom. The van der Waals surface area contributed by atoms with E-state index in [-0.39, 0.29) is 0 Å². The van der Waals surface area contributed by atoms with Crippen molar-refractivity contribution >= 4 is 60.2 Å². The lowest BCUT2D eigenvalue weighted by Gasteiger charge is -2.26. The highest BCUT2D eigenvalue weighted by Crippen LogP contribution is 2.41. The zero-order valence-electron chi connectivity index (χ0n) is 32.5. The summed E-state index contributed by atoms with van der Waals surface area (Å²) in [5.41, 5.74) is 13.0. The van der Waals surface area contributed by atoms with Crippen LogP contribution < -0.4 is 4.90 Å². The van der Waals surface area contributed by atoms with Gasteiger partial charge in [-0.1, -0.05) is 188 Å². The zero-order chi connectivity index (χ0) is 39.1. The van der Waals surface area contributed by atoms with Crippen molar-refractivity contribution in [3.05, 3.63) is 237 Å². The summed E-state index contributed by atoms with van der Waals surface area (Å²) in [6, 6.07) is 86.1. The molecule has 0 aliphatic heterocycles. The molecule has 0 fully saturated rings. The van der Waals surface area contributed by atoms with Gasteiger partial charge in [0, 0.05) is 17.1 Å². The minimum atomic E-state index is 1.10. The monoisotopic (exact) mass is 749 g/mol. The molecular weight excluding hydrogens is 711 g/mol. The first-order valence-electron chi connectivity index (χ1n) is 20.3. The normalized spacial score (nSPS) is 11.4. The Hall–Kier alpha value is -7.74. The van der Waals surface area contributed by atoms with Gasteiger partial charge in [-0.15, -0.1) is 0 Å². The SMILES string of the molecule is c1ccc(-c2ccc(N(c3ccc(-c4cccc(-c5cc6ccc7ccccc7c6c6ccccc56)c4)cc3)c3ccc(-c4cccc5ccccc45)cc3)cc2)cc1. The first-order chi connectivity index (χ1) is 29.2. The number of hydrogen-bond donors (Lipinski definition) is 0. The van der Waals surface area contributed by atoms with E-state index >= 15 is 0 Å². The molecule has 0 saturated heterocycles. The van der Waals surface area contributed by atoms with Crippen LogP contribution in [0.15, 0.2) is 237 Å². The van der Waals surface area contributed by atoms with E-state index in [0.29, 0.717) is 0 Å². The van der Waals surface area contributed by atoms with E-state index in [1.165, 1.54) is 87.6 Å². The molecule has 0 saturated carbocycles. The summed E-state index contributed by atoms with van der Waals surface area (Å²) in [5, 5.41) is 10.2. The maximum Gasteiger partial charge on any atom is 0.0462 e. The molecule has 11 aromatic rings. The second-order valence-electron chi connectivity index (χ2n) is 15.3. The van der Waals surface area contributed by atoms with E-state index in [9.17, 15) is 0 Å². The van der Waals surface area contributed by atoms with E-state index in [0.717, 1.165) is 17.1 Å². The third-order valence-corrected chi connectivity index (χ3v) is 11.8. The molecule has 0 bridgehead atoms. The quantitative estimate of drug-likeness (QED) is 0.147. The molecule has 11 aromatic carbocycles. The van der Waals surface area contributed by atoms with Crippen LogP contribution in [0, 0.1) is 0 Å². The third kappa shape index (κ3) is 6.30. The Bertz CT molecular complexity index is 3280. The molecule has 0 amide bonds. The highest BCUT2D eigenvalue weighted by molar-refractivity contribution is 6.23. The second kappa shape index (κ2) is 14.6. The van der Waals surface area contributed by atoms with Crippen LogP contribution in [0.5, 0.6) is 0 Å². The van der Waals surface area contributed by atoms with Crippen molar-refractivity contribution in [2.24, 2.45) is 0 Å². The van der Waals surface area contributed by atoms with Crippen molar-refractivity contribution in [3.63, 3.8) is 0 Å². The molecule has 276 valence electrons. The Labute approximate surface area is 344 Å². The molecule has 0 aliphatic rings. The Morgan fingerprint density at radius 2 is 0.678 bits per heavy atom. The lowest BCUT2D eigenvalue weighted by atomic mass is 9.90. The smallest absolute Gasteiger partial charge is 0.0462 e. The van der Waals surface area contributed by atoms with Gasteiger partial charge in [-0.05, 0) is 136 Å². The molecule has 1 nitrogen and oxygen atoms in total. The van der Waals surface area contributed by atoms with Crippen LogP contribution in [0.2, 0.25) is 0 Å². The largest absolute Gasteiger partial charge is 0.311 e. The number of nitrogens with zero attached hydrogens (tertiary/aromatic N) is 1. The van der Waals surface area contributed by atoms with Crippen LogP contribution in [0.1, 0.15) is 0 Å². The van der Waals surface area contributed by atoms with Crippen LogP contribution in [0.3, 0.4) is 0 Å². The summed E-state index contributed by atoms with van der Waals surface area (Å²) in [6.07, 6.45) is 0. The Kier molecular flexibility index (Phi) is 8.56. The minimum Gasteiger partial charge on any atom is -0.311 e. The van der Waals surface area contributed by atoms with Gasteiger partial charge < -0.3 is 4.90 Å². The molecule has 1 heteroatoms. The summed E-state index contributed by atoms with van der Waals surface area (Å²) in [4.78, 5) is 2.35. The molecule has 0 N–H and O–H groups in total. The average Bonchev–Trinajstić information content (AvgIpc) is 3.32. The topological polar surface area (TPSA) is 3.24 Å². The number of benzene rings is 11. The van der Waals surface area contributed by atoms with Gasteiger partial charge in [0.05, 0.1) is 0 Å². The van der Waals surface area contributed by atoms with Gasteiger partial charge in [0.25, 0.3) is 0 Å². The molecular formula is C58H39N. The van der Waals surface area contributed by atoms with Gasteiger partial charge >= 0.3 is 0 Å². The molecule has 0 heterocycles. The van der Waals surface area contributed by atoms with Gasteiger partial charge in [-0.3, -0.25) is 0 Å². The molecule has 0 radical (unpaired) electrons. The zero-order valence-corrected chi connectivity index (χ0v) is 32.5. The van der Waals surface area contributed by atoms with Crippen molar-refractivity contribution in [1.82, 2.24) is 0 Å². The summed E-state index contributed by atoms with van der Waals surface area (Å²) >= 11 is 0. The van der Waals surface area contributed by atoms with Crippen LogP contribution >= 0.6 is 0 Å². The average molecular weight is 750 g/mol. The van der Waals surface area contributed by atoms with Crippen molar-refractivity contribution in [2.75, 3.05) is 4.90 Å². The van der Waals surface area contributed by atoms with E-state index in [2.05, 4.69) is 241 Å². The molecule has 59 heavy (non-hydrogen) atoms. The first-order valence-corrected chi connectivity index (χ1v) is 20.3. The van der Waals surface area contributed by atoms with Gasteiger partial charge in [0.1, 0.15) is 0 Å². The number of fused-ring (bicyclic) bond motifs is 6. The molecule has 0 spiro atoms. The summed E-state index contributed by atoms with van der Waals surface area (Å²) in [7, 11) is 0. The highest BCUT2D eigenvalue weighted by Gasteiger charge is 2.16. The number of anilines is 3. The standard InChI is InChI=1S/C58H39N/c1-2-12-40(13-3-1)41-26-32-49(33-27-41)59(51-36-30-45(31-37-51)53-23-11-16-43-14-4-6-19-52(43)53)50-34-28-42(29-35-50)46-17-10-18-47(38-46)57-39-48-25-24-44-15-5-7-20-54(44)58(48)56-22-9-8-21-55(56)57/h1-39H. The Morgan fingerprint density at radius 1 is 0.220 bits per heavy atom. The fourth-order valence-corrected chi connectivity index (χ4v) is 8.93. The van der Waals surface area contributed by atoms with Crippen molar-refractivity contribution in [1.29, 1.82) is 0 Å². The van der Waals surface area contributed by atoms with Crippen LogP contribution in [0.25, 0.3) is 87.6 Å². The van der Waals surface area contributed by atoms with Gasteiger partial charge in [-0.2, -0.15) is 0 Å². The van der Waals surface area contributed by atoms with Crippen molar-refractivity contribution < 1.29 is 0 Å². The van der Waals surface area contributed by atoms with Gasteiger partial charge in [0.2, 0.25) is 0 Å². The van der Waals surface area contributed by atoms with E-state index in [1.807, 2.05) is 0 Å². The van der Waals surface area contributed by atoms with Crippen LogP contribution in [-0.2, 0) is 0 Å². The second-order valence-corrected chi connectivity index (χ2v) is 15.3. The first kappa shape index (κ1) is 34.5. The summed E-state index contributed by atoms with van der Waals surface area (Å²) in [5.74, 6) is 0.